The maximum Gasteiger partial charge on any atom is 0.213 e. The summed E-state index contributed by atoms with van der Waals surface area (Å²) in [6.45, 7) is 2.03. The third-order valence-electron chi connectivity index (χ3n) is 4.54. The highest BCUT2D eigenvalue weighted by Gasteiger charge is 2.11. The minimum absolute atomic E-state index is 0.487. The van der Waals surface area contributed by atoms with Crippen molar-refractivity contribution in [3.05, 3.63) is 35.7 Å². The Labute approximate surface area is 143 Å². The first-order chi connectivity index (χ1) is 11.7. The number of aromatic nitrogens is 2. The van der Waals surface area contributed by atoms with Gasteiger partial charge in [0.15, 0.2) is 0 Å². The summed E-state index contributed by atoms with van der Waals surface area (Å²) in [6.07, 6.45) is 9.87. The Kier molecular flexibility index (Phi) is 5.00. The predicted molar refractivity (Wildman–Crippen MR) is 96.6 cm³/mol. The average Bonchev–Trinajstić information content (AvgIpc) is 2.62. The predicted octanol–water partition coefficient (Wildman–Crippen LogP) is 3.97. The standard InChI is InChI=1S/C20H23N3O/c1-14-10-19(24-2)22-13-18(14)17-11-16(20(21)23-12-17)9-8-15-6-4-3-5-7-15/h10-13,15H,3-7H2,1-2H3,(H2,21,23). The van der Waals surface area contributed by atoms with Gasteiger partial charge in [-0.2, -0.15) is 0 Å². The Morgan fingerprint density at radius 3 is 2.62 bits per heavy atom. The first-order valence-electron chi connectivity index (χ1n) is 8.45. The zero-order valence-electron chi connectivity index (χ0n) is 14.3. The van der Waals surface area contributed by atoms with Crippen LogP contribution in [-0.4, -0.2) is 17.1 Å². The fourth-order valence-electron chi connectivity index (χ4n) is 3.09. The number of hydrogen-bond donors (Lipinski definition) is 1. The average molecular weight is 321 g/mol. The number of anilines is 1. The Bertz CT molecular complexity index is 783. The van der Waals surface area contributed by atoms with Crippen LogP contribution in [0.2, 0.25) is 0 Å². The fourth-order valence-corrected chi connectivity index (χ4v) is 3.09. The Morgan fingerprint density at radius 2 is 1.92 bits per heavy atom. The molecule has 4 heteroatoms. The van der Waals surface area contributed by atoms with Crippen LogP contribution in [0, 0.1) is 24.7 Å². The summed E-state index contributed by atoms with van der Waals surface area (Å²) in [5.74, 6) is 8.22. The third-order valence-corrected chi connectivity index (χ3v) is 4.54. The number of pyridine rings is 2. The summed E-state index contributed by atoms with van der Waals surface area (Å²) in [5, 5.41) is 0. The lowest BCUT2D eigenvalue weighted by Gasteiger charge is -2.15. The van der Waals surface area contributed by atoms with E-state index in [2.05, 4.69) is 21.8 Å². The molecule has 3 rings (SSSR count). The molecule has 1 aliphatic carbocycles. The van der Waals surface area contributed by atoms with E-state index in [1.54, 1.807) is 19.5 Å². The van der Waals surface area contributed by atoms with Crippen molar-refractivity contribution in [1.82, 2.24) is 9.97 Å². The highest BCUT2D eigenvalue weighted by molar-refractivity contribution is 5.70. The van der Waals surface area contributed by atoms with E-state index in [-0.39, 0.29) is 0 Å². The number of nitrogens with two attached hydrogens (primary N) is 1. The molecule has 0 atom stereocenters. The monoisotopic (exact) mass is 321 g/mol. The van der Waals surface area contributed by atoms with Crippen LogP contribution in [0.15, 0.2) is 24.5 Å². The Balaban J connectivity index is 1.90. The molecule has 0 saturated heterocycles. The number of ether oxygens (including phenoxy) is 1. The van der Waals surface area contributed by atoms with E-state index in [9.17, 15) is 0 Å². The largest absolute Gasteiger partial charge is 0.481 e. The van der Waals surface area contributed by atoms with Crippen LogP contribution >= 0.6 is 0 Å². The van der Waals surface area contributed by atoms with Crippen LogP contribution in [-0.2, 0) is 0 Å². The summed E-state index contributed by atoms with van der Waals surface area (Å²) in [4.78, 5) is 8.61. The highest BCUT2D eigenvalue weighted by atomic mass is 16.5. The summed E-state index contributed by atoms with van der Waals surface area (Å²) < 4.78 is 5.17. The van der Waals surface area contributed by atoms with E-state index in [1.807, 2.05) is 19.1 Å². The first kappa shape index (κ1) is 16.3. The molecule has 0 amide bonds. The van der Waals surface area contributed by atoms with E-state index >= 15 is 0 Å². The molecule has 2 N–H and O–H groups in total. The molecule has 1 aliphatic rings. The lowest BCUT2D eigenvalue weighted by Crippen LogP contribution is -2.03. The molecule has 24 heavy (non-hydrogen) atoms. The van der Waals surface area contributed by atoms with Crippen molar-refractivity contribution >= 4 is 5.82 Å². The van der Waals surface area contributed by atoms with Crippen LogP contribution in [0.25, 0.3) is 11.1 Å². The highest BCUT2D eigenvalue weighted by Crippen LogP contribution is 2.27. The molecule has 4 nitrogen and oxygen atoms in total. The molecular formula is C20H23N3O. The third kappa shape index (κ3) is 3.68. The lowest BCUT2D eigenvalue weighted by atomic mass is 9.89. The normalized spacial score (nSPS) is 14.8. The zero-order valence-corrected chi connectivity index (χ0v) is 14.3. The maximum absolute atomic E-state index is 6.02. The summed E-state index contributed by atoms with van der Waals surface area (Å²) in [5.41, 5.74) is 9.89. The molecule has 1 fully saturated rings. The number of nitrogens with zero attached hydrogens (tertiary/aromatic N) is 2. The van der Waals surface area contributed by atoms with Crippen molar-refractivity contribution in [2.75, 3.05) is 12.8 Å². The van der Waals surface area contributed by atoms with Gasteiger partial charge in [0, 0.05) is 35.5 Å². The van der Waals surface area contributed by atoms with E-state index in [0.29, 0.717) is 17.6 Å². The van der Waals surface area contributed by atoms with Crippen LogP contribution in [0.5, 0.6) is 5.88 Å². The molecule has 124 valence electrons. The van der Waals surface area contributed by atoms with Gasteiger partial charge >= 0.3 is 0 Å². The summed E-state index contributed by atoms with van der Waals surface area (Å²) in [7, 11) is 1.62. The molecule has 0 aromatic carbocycles. The first-order valence-corrected chi connectivity index (χ1v) is 8.45. The van der Waals surface area contributed by atoms with Crippen LogP contribution in [0.3, 0.4) is 0 Å². The van der Waals surface area contributed by atoms with Crippen LogP contribution in [0.1, 0.15) is 43.2 Å². The molecule has 0 radical (unpaired) electrons. The summed E-state index contributed by atoms with van der Waals surface area (Å²) >= 11 is 0. The second-order valence-electron chi connectivity index (χ2n) is 6.30. The van der Waals surface area contributed by atoms with Gasteiger partial charge in [0.2, 0.25) is 5.88 Å². The van der Waals surface area contributed by atoms with Crippen molar-refractivity contribution in [1.29, 1.82) is 0 Å². The molecule has 0 unspecified atom stereocenters. The van der Waals surface area contributed by atoms with E-state index in [0.717, 1.165) is 22.3 Å². The maximum atomic E-state index is 6.02. The molecular weight excluding hydrogens is 298 g/mol. The van der Waals surface area contributed by atoms with Gasteiger partial charge in [0.05, 0.1) is 12.7 Å². The minimum atomic E-state index is 0.487. The topological polar surface area (TPSA) is 61.0 Å². The van der Waals surface area contributed by atoms with Gasteiger partial charge < -0.3 is 10.5 Å². The molecule has 0 spiro atoms. The second kappa shape index (κ2) is 7.35. The second-order valence-corrected chi connectivity index (χ2v) is 6.30. The van der Waals surface area contributed by atoms with Crippen molar-refractivity contribution in [2.45, 2.75) is 39.0 Å². The SMILES string of the molecule is COc1cc(C)c(-c2cnc(N)c(C#CC3CCCCC3)c2)cn1. The van der Waals surface area contributed by atoms with Crippen molar-refractivity contribution in [2.24, 2.45) is 5.92 Å². The fraction of sp³-hybridized carbons (Fsp3) is 0.400. The van der Waals surface area contributed by atoms with E-state index in [4.69, 9.17) is 10.5 Å². The van der Waals surface area contributed by atoms with Gasteiger partial charge in [-0.1, -0.05) is 31.1 Å². The van der Waals surface area contributed by atoms with Gasteiger partial charge in [-0.25, -0.2) is 9.97 Å². The van der Waals surface area contributed by atoms with Crippen molar-refractivity contribution in [3.63, 3.8) is 0 Å². The van der Waals surface area contributed by atoms with Gasteiger partial charge in [-0.3, -0.25) is 0 Å². The number of methoxy groups -OCH3 is 1. The molecule has 2 aromatic heterocycles. The molecule has 2 heterocycles. The molecule has 0 aliphatic heterocycles. The van der Waals surface area contributed by atoms with E-state index < -0.39 is 0 Å². The Hall–Kier alpha value is -2.54. The van der Waals surface area contributed by atoms with Crippen molar-refractivity contribution in [3.8, 4) is 28.8 Å². The number of rotatable bonds is 2. The molecule has 0 bridgehead atoms. The number of aryl methyl sites for hydroxylation is 1. The lowest BCUT2D eigenvalue weighted by molar-refractivity contribution is 0.397. The van der Waals surface area contributed by atoms with Gasteiger partial charge in [0.1, 0.15) is 5.82 Å². The van der Waals surface area contributed by atoms with Crippen molar-refractivity contribution < 1.29 is 4.74 Å². The molecule has 1 saturated carbocycles. The smallest absolute Gasteiger partial charge is 0.213 e. The van der Waals surface area contributed by atoms with Gasteiger partial charge in [-0.05, 0) is 31.4 Å². The zero-order chi connectivity index (χ0) is 16.9. The quantitative estimate of drug-likeness (QED) is 0.850. The number of hydrogen-bond acceptors (Lipinski definition) is 4. The van der Waals surface area contributed by atoms with Crippen LogP contribution in [0.4, 0.5) is 5.82 Å². The Morgan fingerprint density at radius 1 is 1.12 bits per heavy atom. The van der Waals surface area contributed by atoms with E-state index in [1.165, 1.54) is 32.1 Å². The minimum Gasteiger partial charge on any atom is -0.481 e. The van der Waals surface area contributed by atoms with Gasteiger partial charge in [-0.15, -0.1) is 0 Å². The van der Waals surface area contributed by atoms with Gasteiger partial charge in [0.25, 0.3) is 0 Å². The summed E-state index contributed by atoms with van der Waals surface area (Å²) in [6, 6.07) is 3.92. The number of nitrogen functional groups attached to an aromatic ring is 1. The molecule has 2 aromatic rings. The van der Waals surface area contributed by atoms with Crippen LogP contribution < -0.4 is 10.5 Å².